The lowest BCUT2D eigenvalue weighted by Crippen LogP contribution is -2.40. The van der Waals surface area contributed by atoms with E-state index in [2.05, 4.69) is 0 Å². The summed E-state index contributed by atoms with van der Waals surface area (Å²) < 4.78 is 43.5. The van der Waals surface area contributed by atoms with Crippen LogP contribution in [0, 0.1) is 0 Å². The molecule has 21 heavy (non-hydrogen) atoms. The molecule has 1 aliphatic heterocycles. The monoisotopic (exact) mass is 299 g/mol. The van der Waals surface area contributed by atoms with Crippen molar-refractivity contribution in [1.82, 2.24) is 0 Å². The maximum atomic E-state index is 12.9. The lowest BCUT2D eigenvalue weighted by molar-refractivity contribution is -0.137. The molecule has 0 bridgehead atoms. The number of fused-ring (bicyclic) bond motifs is 3. The third kappa shape index (κ3) is 2.26. The Hall–Kier alpha value is -1.72. The summed E-state index contributed by atoms with van der Waals surface area (Å²) in [6, 6.07) is 3.62. The molecule has 1 aromatic rings. The highest BCUT2D eigenvalue weighted by Crippen LogP contribution is 2.49. The molecule has 6 heteroatoms. The number of alkyl halides is 3. The van der Waals surface area contributed by atoms with Gasteiger partial charge in [-0.2, -0.15) is 13.2 Å². The molecule has 0 N–H and O–H groups in total. The number of hydrogen-bond donors (Lipinski definition) is 0. The fraction of sp³-hybridized carbons (Fsp3) is 0.533. The molecule has 1 aromatic carbocycles. The molecule has 0 unspecified atom stereocenters. The predicted octanol–water partition coefficient (Wildman–Crippen LogP) is 4.32. The molecule has 3 nitrogen and oxygen atoms in total. The molecular formula is C15H16F3NO2. The Morgan fingerprint density at radius 2 is 2.00 bits per heavy atom. The van der Waals surface area contributed by atoms with Crippen LogP contribution in [0.4, 0.5) is 23.7 Å². The van der Waals surface area contributed by atoms with E-state index in [0.717, 1.165) is 43.4 Å². The van der Waals surface area contributed by atoms with Crippen molar-refractivity contribution in [3.63, 3.8) is 0 Å². The van der Waals surface area contributed by atoms with Crippen LogP contribution < -0.4 is 4.90 Å². The van der Waals surface area contributed by atoms with E-state index in [1.54, 1.807) is 0 Å². The average molecular weight is 299 g/mol. The number of rotatable bonds is 0. The zero-order valence-corrected chi connectivity index (χ0v) is 11.6. The summed E-state index contributed by atoms with van der Waals surface area (Å²) in [5, 5.41) is 0. The van der Waals surface area contributed by atoms with Crippen LogP contribution in [0.1, 0.15) is 42.7 Å². The minimum Gasteiger partial charge on any atom is -0.452 e. The highest BCUT2D eigenvalue weighted by Gasteiger charge is 2.44. The van der Waals surface area contributed by atoms with Gasteiger partial charge in [0.25, 0.3) is 0 Å². The van der Waals surface area contributed by atoms with E-state index in [1.165, 1.54) is 18.1 Å². The number of halogens is 3. The third-order valence-electron chi connectivity index (χ3n) is 4.45. The summed E-state index contributed by atoms with van der Waals surface area (Å²) in [4.78, 5) is 13.4. The molecule has 1 heterocycles. The van der Waals surface area contributed by atoms with Gasteiger partial charge in [-0.25, -0.2) is 4.79 Å². The van der Waals surface area contributed by atoms with Gasteiger partial charge in [-0.05, 0) is 30.5 Å². The summed E-state index contributed by atoms with van der Waals surface area (Å²) in [6.07, 6.45) is -1.27. The second-order valence-corrected chi connectivity index (χ2v) is 5.57. The summed E-state index contributed by atoms with van der Waals surface area (Å²) in [6.45, 7) is 0. The van der Waals surface area contributed by atoms with Crippen LogP contribution in [0.25, 0.3) is 0 Å². The number of amides is 1. The number of nitrogens with zero attached hydrogens (tertiary/aromatic N) is 1. The molecular weight excluding hydrogens is 283 g/mol. The van der Waals surface area contributed by atoms with Crippen molar-refractivity contribution < 1.29 is 22.7 Å². The number of methoxy groups -OCH3 is 1. The number of carbonyl (C=O) groups excluding carboxylic acids is 1. The van der Waals surface area contributed by atoms with Gasteiger partial charge in [0.15, 0.2) is 0 Å². The highest BCUT2D eigenvalue weighted by molar-refractivity contribution is 5.92. The van der Waals surface area contributed by atoms with Gasteiger partial charge in [-0.15, -0.1) is 0 Å². The Labute approximate surface area is 120 Å². The molecule has 114 valence electrons. The number of hydrogen-bond acceptors (Lipinski definition) is 2. The van der Waals surface area contributed by atoms with E-state index in [9.17, 15) is 18.0 Å². The summed E-state index contributed by atoms with van der Waals surface area (Å²) in [5.74, 6) is 0.120. The first kappa shape index (κ1) is 14.2. The number of carbonyl (C=O) groups is 1. The van der Waals surface area contributed by atoms with Crippen molar-refractivity contribution in [2.24, 2.45) is 0 Å². The van der Waals surface area contributed by atoms with Gasteiger partial charge in [0.2, 0.25) is 0 Å². The maximum Gasteiger partial charge on any atom is 0.416 e. The number of benzene rings is 1. The van der Waals surface area contributed by atoms with E-state index in [-0.39, 0.29) is 12.0 Å². The fourth-order valence-corrected chi connectivity index (χ4v) is 3.54. The minimum absolute atomic E-state index is 0.0790. The standard InChI is InChI=1S/C15H16F3NO2/c1-21-14(20)19-12-5-3-2-4-10(12)11-7-6-9(8-13(11)19)15(16,17)18/h6-8,10,12H,2-5H2,1H3/t10-,12+/m0/s1. The minimum atomic E-state index is -4.41. The first-order valence-corrected chi connectivity index (χ1v) is 7.02. The second kappa shape index (κ2) is 4.93. The van der Waals surface area contributed by atoms with Crippen molar-refractivity contribution in [3.8, 4) is 0 Å². The zero-order valence-electron chi connectivity index (χ0n) is 11.6. The van der Waals surface area contributed by atoms with Crippen LogP contribution in [-0.4, -0.2) is 19.2 Å². The van der Waals surface area contributed by atoms with Crippen LogP contribution in [0.2, 0.25) is 0 Å². The molecule has 2 aliphatic rings. The SMILES string of the molecule is COC(=O)N1c2cc(C(F)(F)F)ccc2[C@@H]2CCCC[C@H]21. The fourth-order valence-electron chi connectivity index (χ4n) is 3.54. The van der Waals surface area contributed by atoms with Crippen molar-refractivity contribution >= 4 is 11.8 Å². The molecule has 1 fully saturated rings. The highest BCUT2D eigenvalue weighted by atomic mass is 19.4. The normalized spacial score (nSPS) is 24.5. The third-order valence-corrected chi connectivity index (χ3v) is 4.45. The Bertz CT molecular complexity index is 571. The van der Waals surface area contributed by atoms with Crippen molar-refractivity contribution in [2.75, 3.05) is 12.0 Å². The topological polar surface area (TPSA) is 29.5 Å². The van der Waals surface area contributed by atoms with Crippen LogP contribution >= 0.6 is 0 Å². The molecule has 0 spiro atoms. The van der Waals surface area contributed by atoms with Crippen LogP contribution in [0.15, 0.2) is 18.2 Å². The maximum absolute atomic E-state index is 12.9. The number of anilines is 1. The average Bonchev–Trinajstić information content (AvgIpc) is 2.79. The molecule has 1 amide bonds. The lowest BCUT2D eigenvalue weighted by atomic mass is 9.82. The van der Waals surface area contributed by atoms with Gasteiger partial charge < -0.3 is 4.74 Å². The number of ether oxygens (including phenoxy) is 1. The van der Waals surface area contributed by atoms with E-state index >= 15 is 0 Å². The van der Waals surface area contributed by atoms with E-state index in [4.69, 9.17) is 4.74 Å². The van der Waals surface area contributed by atoms with E-state index in [0.29, 0.717) is 5.69 Å². The largest absolute Gasteiger partial charge is 0.452 e. The molecule has 3 rings (SSSR count). The van der Waals surface area contributed by atoms with E-state index < -0.39 is 17.8 Å². The Morgan fingerprint density at radius 1 is 1.29 bits per heavy atom. The van der Waals surface area contributed by atoms with Crippen LogP contribution in [-0.2, 0) is 10.9 Å². The van der Waals surface area contributed by atoms with Gasteiger partial charge in [-0.1, -0.05) is 18.9 Å². The summed E-state index contributed by atoms with van der Waals surface area (Å²) in [5.41, 5.74) is 0.459. The smallest absolute Gasteiger partial charge is 0.416 e. The summed E-state index contributed by atoms with van der Waals surface area (Å²) >= 11 is 0. The Morgan fingerprint density at radius 3 is 2.67 bits per heavy atom. The molecule has 1 saturated carbocycles. The Balaban J connectivity index is 2.09. The first-order valence-electron chi connectivity index (χ1n) is 7.02. The lowest BCUT2D eigenvalue weighted by Gasteiger charge is -2.31. The van der Waals surface area contributed by atoms with Gasteiger partial charge in [0.05, 0.1) is 18.4 Å². The molecule has 0 aromatic heterocycles. The van der Waals surface area contributed by atoms with Gasteiger partial charge in [0.1, 0.15) is 0 Å². The Kier molecular flexibility index (Phi) is 3.34. The van der Waals surface area contributed by atoms with Crippen LogP contribution in [0.5, 0.6) is 0 Å². The summed E-state index contributed by atoms with van der Waals surface area (Å²) in [7, 11) is 1.26. The quantitative estimate of drug-likeness (QED) is 0.714. The van der Waals surface area contributed by atoms with E-state index in [1.807, 2.05) is 0 Å². The van der Waals surface area contributed by atoms with Gasteiger partial charge in [-0.3, -0.25) is 4.90 Å². The molecule has 0 radical (unpaired) electrons. The van der Waals surface area contributed by atoms with Crippen molar-refractivity contribution in [3.05, 3.63) is 29.3 Å². The first-order chi connectivity index (χ1) is 9.93. The predicted molar refractivity (Wildman–Crippen MR) is 71.3 cm³/mol. The van der Waals surface area contributed by atoms with Crippen molar-refractivity contribution in [2.45, 2.75) is 43.8 Å². The molecule has 2 atom stereocenters. The second-order valence-electron chi connectivity index (χ2n) is 5.57. The molecule has 1 aliphatic carbocycles. The zero-order chi connectivity index (χ0) is 15.2. The van der Waals surface area contributed by atoms with Crippen LogP contribution in [0.3, 0.4) is 0 Å². The van der Waals surface area contributed by atoms with Gasteiger partial charge in [0, 0.05) is 12.0 Å². The van der Waals surface area contributed by atoms with Gasteiger partial charge >= 0.3 is 12.3 Å². The van der Waals surface area contributed by atoms with Crippen molar-refractivity contribution in [1.29, 1.82) is 0 Å². The molecule has 0 saturated heterocycles.